The monoisotopic (exact) mass is 290 g/mol. The van der Waals surface area contributed by atoms with Gasteiger partial charge in [0.15, 0.2) is 11.6 Å². The number of hydrogen-bond donors (Lipinski definition) is 1. The van der Waals surface area contributed by atoms with Gasteiger partial charge in [-0.15, -0.1) is 0 Å². The van der Waals surface area contributed by atoms with E-state index in [1.165, 1.54) is 0 Å². The number of aryl methyl sites for hydroxylation is 1. The fraction of sp³-hybridized carbons (Fsp3) is 0.294. The van der Waals surface area contributed by atoms with Crippen molar-refractivity contribution in [1.82, 2.24) is 5.32 Å². The minimum atomic E-state index is -0.787. The Bertz CT molecular complexity index is 639. The van der Waals surface area contributed by atoms with Crippen LogP contribution < -0.4 is 10.2 Å². The number of benzene rings is 2. The van der Waals surface area contributed by atoms with Crippen LogP contribution in [0.2, 0.25) is 0 Å². The quantitative estimate of drug-likeness (QED) is 0.924. The average Bonchev–Trinajstić information content (AvgIpc) is 2.48. The van der Waals surface area contributed by atoms with Gasteiger partial charge in [0.05, 0.1) is 6.04 Å². The second-order valence-corrected chi connectivity index (χ2v) is 5.31. The molecule has 0 radical (unpaired) electrons. The third-order valence-corrected chi connectivity index (χ3v) is 3.62. The zero-order valence-corrected chi connectivity index (χ0v) is 12.7. The number of nitrogens with one attached hydrogen (secondary N) is 1. The Kier molecular flexibility index (Phi) is 4.58. The number of hydrogen-bond acceptors (Lipinski definition) is 2. The zero-order chi connectivity index (χ0) is 15.6. The lowest BCUT2D eigenvalue weighted by molar-refractivity contribution is 0.482. The molecule has 1 atom stereocenters. The molecule has 0 saturated heterocycles. The standard InChI is InChI=1S/C17H20F2N2/c1-11-8-9-14(16(19)15(11)18)17(20-2)12-6-5-7-13(10-12)21(3)4/h5-10,17,20H,1-4H3. The van der Waals surface area contributed by atoms with E-state index in [9.17, 15) is 8.78 Å². The number of anilines is 1. The molecule has 0 heterocycles. The molecule has 21 heavy (non-hydrogen) atoms. The van der Waals surface area contributed by atoms with Crippen LogP contribution in [0, 0.1) is 18.6 Å². The first-order chi connectivity index (χ1) is 9.95. The fourth-order valence-electron chi connectivity index (χ4n) is 2.37. The minimum absolute atomic E-state index is 0.313. The summed E-state index contributed by atoms with van der Waals surface area (Å²) in [6.07, 6.45) is 0. The van der Waals surface area contributed by atoms with E-state index in [2.05, 4.69) is 5.32 Å². The Morgan fingerprint density at radius 2 is 1.76 bits per heavy atom. The fourth-order valence-corrected chi connectivity index (χ4v) is 2.37. The SMILES string of the molecule is CNC(c1cccc(N(C)C)c1)c1ccc(C)c(F)c1F. The van der Waals surface area contributed by atoms with E-state index in [1.807, 2.05) is 43.3 Å². The van der Waals surface area contributed by atoms with Gasteiger partial charge in [-0.3, -0.25) is 0 Å². The Morgan fingerprint density at radius 3 is 2.38 bits per heavy atom. The summed E-state index contributed by atoms with van der Waals surface area (Å²) in [6.45, 7) is 1.56. The van der Waals surface area contributed by atoms with Crippen molar-refractivity contribution >= 4 is 5.69 Å². The molecule has 0 bridgehead atoms. The summed E-state index contributed by atoms with van der Waals surface area (Å²) in [7, 11) is 5.63. The van der Waals surface area contributed by atoms with Crippen LogP contribution in [0.25, 0.3) is 0 Å². The van der Waals surface area contributed by atoms with Gasteiger partial charge in [-0.25, -0.2) is 8.78 Å². The van der Waals surface area contributed by atoms with Gasteiger partial charge in [0.1, 0.15) is 0 Å². The van der Waals surface area contributed by atoms with Gasteiger partial charge in [0.2, 0.25) is 0 Å². The van der Waals surface area contributed by atoms with E-state index in [0.717, 1.165) is 11.3 Å². The van der Waals surface area contributed by atoms with Gasteiger partial charge in [-0.05, 0) is 37.2 Å². The molecule has 0 aromatic heterocycles. The Hall–Kier alpha value is -1.94. The maximum atomic E-state index is 14.2. The van der Waals surface area contributed by atoms with Crippen LogP contribution in [0.1, 0.15) is 22.7 Å². The molecule has 1 N–H and O–H groups in total. The zero-order valence-electron chi connectivity index (χ0n) is 12.7. The van der Waals surface area contributed by atoms with Gasteiger partial charge in [-0.2, -0.15) is 0 Å². The van der Waals surface area contributed by atoms with Crippen LogP contribution in [0.4, 0.5) is 14.5 Å². The van der Waals surface area contributed by atoms with Crippen molar-refractivity contribution in [1.29, 1.82) is 0 Å². The number of rotatable bonds is 4. The molecule has 2 aromatic rings. The van der Waals surface area contributed by atoms with E-state index in [-0.39, 0.29) is 6.04 Å². The molecule has 112 valence electrons. The maximum absolute atomic E-state index is 14.2. The summed E-state index contributed by atoms with van der Waals surface area (Å²) < 4.78 is 28.0. The second kappa shape index (κ2) is 6.22. The first-order valence-corrected chi connectivity index (χ1v) is 6.84. The highest BCUT2D eigenvalue weighted by Crippen LogP contribution is 2.28. The van der Waals surface area contributed by atoms with Crippen LogP contribution in [0.5, 0.6) is 0 Å². The largest absolute Gasteiger partial charge is 0.378 e. The van der Waals surface area contributed by atoms with Crippen molar-refractivity contribution in [2.75, 3.05) is 26.0 Å². The summed E-state index contributed by atoms with van der Waals surface area (Å²) in [6, 6.07) is 10.6. The second-order valence-electron chi connectivity index (χ2n) is 5.31. The summed E-state index contributed by atoms with van der Waals surface area (Å²) in [5.74, 6) is -1.57. The van der Waals surface area contributed by atoms with Gasteiger partial charge >= 0.3 is 0 Å². The Morgan fingerprint density at radius 1 is 1.05 bits per heavy atom. The van der Waals surface area contributed by atoms with E-state index >= 15 is 0 Å². The highest BCUT2D eigenvalue weighted by atomic mass is 19.2. The summed E-state index contributed by atoms with van der Waals surface area (Å²) in [5.41, 5.74) is 2.54. The van der Waals surface area contributed by atoms with Crippen molar-refractivity contribution in [2.45, 2.75) is 13.0 Å². The summed E-state index contributed by atoms with van der Waals surface area (Å²) >= 11 is 0. The van der Waals surface area contributed by atoms with Crippen LogP contribution in [0.3, 0.4) is 0 Å². The van der Waals surface area contributed by atoms with Crippen molar-refractivity contribution < 1.29 is 8.78 Å². The molecule has 0 aliphatic carbocycles. The molecule has 0 aliphatic rings. The molecule has 1 unspecified atom stereocenters. The summed E-state index contributed by atoms with van der Waals surface area (Å²) in [5, 5.41) is 3.06. The topological polar surface area (TPSA) is 15.3 Å². The van der Waals surface area contributed by atoms with Gasteiger partial charge < -0.3 is 10.2 Å². The van der Waals surface area contributed by atoms with Crippen molar-refractivity contribution in [2.24, 2.45) is 0 Å². The predicted molar refractivity (Wildman–Crippen MR) is 82.8 cm³/mol. The van der Waals surface area contributed by atoms with E-state index in [0.29, 0.717) is 11.1 Å². The minimum Gasteiger partial charge on any atom is -0.378 e. The molecule has 2 rings (SSSR count). The van der Waals surface area contributed by atoms with E-state index in [4.69, 9.17) is 0 Å². The highest BCUT2D eigenvalue weighted by Gasteiger charge is 2.20. The lowest BCUT2D eigenvalue weighted by Gasteiger charge is -2.21. The maximum Gasteiger partial charge on any atom is 0.164 e. The normalized spacial score (nSPS) is 12.3. The van der Waals surface area contributed by atoms with Crippen LogP contribution in [-0.4, -0.2) is 21.1 Å². The van der Waals surface area contributed by atoms with E-state index < -0.39 is 11.6 Å². The van der Waals surface area contributed by atoms with Crippen LogP contribution in [-0.2, 0) is 0 Å². The lowest BCUT2D eigenvalue weighted by atomic mass is 9.96. The lowest BCUT2D eigenvalue weighted by Crippen LogP contribution is -2.20. The van der Waals surface area contributed by atoms with Crippen LogP contribution in [0.15, 0.2) is 36.4 Å². The third kappa shape index (κ3) is 3.05. The Balaban J connectivity index is 2.50. The number of halogens is 2. The van der Waals surface area contributed by atoms with Crippen LogP contribution >= 0.6 is 0 Å². The molecule has 2 nitrogen and oxygen atoms in total. The van der Waals surface area contributed by atoms with Crippen molar-refractivity contribution in [3.63, 3.8) is 0 Å². The smallest absolute Gasteiger partial charge is 0.164 e. The van der Waals surface area contributed by atoms with Crippen molar-refractivity contribution in [3.8, 4) is 0 Å². The molecule has 0 fully saturated rings. The first-order valence-electron chi connectivity index (χ1n) is 6.84. The van der Waals surface area contributed by atoms with E-state index in [1.54, 1.807) is 26.1 Å². The molecular formula is C17H20F2N2. The van der Waals surface area contributed by atoms with Gasteiger partial charge in [0, 0.05) is 25.3 Å². The molecule has 0 saturated carbocycles. The molecule has 2 aromatic carbocycles. The third-order valence-electron chi connectivity index (χ3n) is 3.62. The molecule has 0 spiro atoms. The molecule has 4 heteroatoms. The van der Waals surface area contributed by atoms with Gasteiger partial charge in [0.25, 0.3) is 0 Å². The average molecular weight is 290 g/mol. The van der Waals surface area contributed by atoms with Gasteiger partial charge in [-0.1, -0.05) is 24.3 Å². The van der Waals surface area contributed by atoms with Crippen molar-refractivity contribution in [3.05, 3.63) is 64.7 Å². The molecule has 0 amide bonds. The highest BCUT2D eigenvalue weighted by molar-refractivity contribution is 5.49. The first kappa shape index (κ1) is 15.4. The Labute approximate surface area is 124 Å². The molecular weight excluding hydrogens is 270 g/mol. The summed E-state index contributed by atoms with van der Waals surface area (Å²) in [4.78, 5) is 1.97. The predicted octanol–water partition coefficient (Wildman–Crippen LogP) is 3.65. The molecule has 0 aliphatic heterocycles. The number of nitrogens with zero attached hydrogens (tertiary/aromatic N) is 1.